The Kier molecular flexibility index (Phi) is 11.0. The van der Waals surface area contributed by atoms with Crippen molar-refractivity contribution in [3.05, 3.63) is 142 Å². The zero-order valence-electron chi connectivity index (χ0n) is 26.8. The second-order valence-corrected chi connectivity index (χ2v) is 13.4. The van der Waals surface area contributed by atoms with Crippen LogP contribution in [0.15, 0.2) is 130 Å². The standard InChI is InChI=1S/C36H29N3O5S2.Na.H/c1-24-11-17-31(18-12-24)46(42,43)39-34(40)19-25-13-15-30(16-14-25)37-36-38-35(41)33(45-36)22-29-20-27-9-5-6-10-28(27)21-32(29)44-23-26-7-3-2-4-8-26;;/h2-18,20-22H,19,23H2,1H3,(H,39,40)(H,37,38,41);;/q;+1;-1/b33-22+;;. The van der Waals surface area contributed by atoms with Gasteiger partial charge in [-0.15, -0.1) is 0 Å². The van der Waals surface area contributed by atoms with Crippen molar-refractivity contribution in [3.8, 4) is 5.75 Å². The first kappa shape index (κ1) is 34.2. The predicted molar refractivity (Wildman–Crippen MR) is 183 cm³/mol. The minimum absolute atomic E-state index is 0. The molecule has 0 bridgehead atoms. The minimum atomic E-state index is -3.96. The van der Waals surface area contributed by atoms with Crippen molar-refractivity contribution in [2.24, 2.45) is 4.99 Å². The number of amidine groups is 1. The average molecular weight is 672 g/mol. The van der Waals surface area contributed by atoms with Crippen LogP contribution < -0.4 is 44.3 Å². The largest absolute Gasteiger partial charge is 1.00 e. The minimum Gasteiger partial charge on any atom is -1.00 e. The van der Waals surface area contributed by atoms with Gasteiger partial charge in [0, 0.05) is 5.56 Å². The molecule has 8 nitrogen and oxygen atoms in total. The first-order valence-electron chi connectivity index (χ1n) is 14.4. The van der Waals surface area contributed by atoms with Crippen molar-refractivity contribution in [1.82, 2.24) is 10.0 Å². The number of aryl methyl sites for hydroxylation is 1. The zero-order chi connectivity index (χ0) is 32.1. The third kappa shape index (κ3) is 8.79. The van der Waals surface area contributed by atoms with Gasteiger partial charge in [-0.05, 0) is 83.1 Å². The molecule has 0 aliphatic carbocycles. The summed E-state index contributed by atoms with van der Waals surface area (Å²) in [6.07, 6.45) is 1.68. The van der Waals surface area contributed by atoms with Gasteiger partial charge in [-0.3, -0.25) is 9.59 Å². The van der Waals surface area contributed by atoms with E-state index in [4.69, 9.17) is 4.74 Å². The Morgan fingerprint density at radius 3 is 2.26 bits per heavy atom. The second kappa shape index (κ2) is 15.1. The van der Waals surface area contributed by atoms with E-state index in [1.54, 1.807) is 36.4 Å². The molecular formula is C36H30N3NaO5S2. The Labute approximate surface area is 301 Å². The molecule has 232 valence electrons. The van der Waals surface area contributed by atoms with Gasteiger partial charge < -0.3 is 11.5 Å². The number of sulfonamides is 1. The van der Waals surface area contributed by atoms with Crippen molar-refractivity contribution in [2.45, 2.75) is 24.8 Å². The number of nitrogens with one attached hydrogen (secondary N) is 2. The summed E-state index contributed by atoms with van der Waals surface area (Å²) in [6, 6.07) is 34.9. The molecule has 0 atom stereocenters. The molecule has 1 aliphatic rings. The number of rotatable bonds is 9. The molecule has 0 radical (unpaired) electrons. The summed E-state index contributed by atoms with van der Waals surface area (Å²) in [5, 5.41) is 5.29. The van der Waals surface area contributed by atoms with E-state index in [2.05, 4.69) is 15.0 Å². The third-order valence-corrected chi connectivity index (χ3v) is 9.46. The van der Waals surface area contributed by atoms with Crippen LogP contribution in [0.2, 0.25) is 0 Å². The van der Waals surface area contributed by atoms with Crippen molar-refractivity contribution in [1.29, 1.82) is 0 Å². The van der Waals surface area contributed by atoms with Crippen molar-refractivity contribution in [3.63, 3.8) is 0 Å². The van der Waals surface area contributed by atoms with Crippen molar-refractivity contribution < 1.29 is 53.7 Å². The van der Waals surface area contributed by atoms with E-state index in [0.717, 1.165) is 27.5 Å². The smallest absolute Gasteiger partial charge is 1.00 e. The number of amides is 2. The molecule has 1 aliphatic heterocycles. The number of benzene rings is 5. The summed E-state index contributed by atoms with van der Waals surface area (Å²) in [5.41, 5.74) is 3.91. The van der Waals surface area contributed by atoms with Crippen LogP contribution in [0, 0.1) is 6.92 Å². The maximum Gasteiger partial charge on any atom is 1.00 e. The predicted octanol–water partition coefficient (Wildman–Crippen LogP) is 3.78. The Bertz CT molecular complexity index is 2110. The molecule has 2 N–H and O–H groups in total. The van der Waals surface area contributed by atoms with Gasteiger partial charge in [-0.25, -0.2) is 18.1 Å². The Hall–Kier alpha value is -4.19. The zero-order valence-corrected chi connectivity index (χ0v) is 29.4. The summed E-state index contributed by atoms with van der Waals surface area (Å²) in [4.78, 5) is 30.5. The number of thioether (sulfide) groups is 1. The van der Waals surface area contributed by atoms with E-state index >= 15 is 0 Å². The van der Waals surface area contributed by atoms with E-state index in [0.29, 0.717) is 33.7 Å². The first-order chi connectivity index (χ1) is 22.2. The number of nitrogens with zero attached hydrogens (tertiary/aromatic N) is 1. The Morgan fingerprint density at radius 1 is 0.894 bits per heavy atom. The van der Waals surface area contributed by atoms with Gasteiger partial charge >= 0.3 is 29.6 Å². The van der Waals surface area contributed by atoms with Crippen LogP contribution in [0.25, 0.3) is 16.8 Å². The molecule has 1 fully saturated rings. The summed E-state index contributed by atoms with van der Waals surface area (Å²) >= 11 is 1.22. The van der Waals surface area contributed by atoms with Gasteiger partial charge in [0.15, 0.2) is 5.17 Å². The quantitative estimate of drug-likeness (QED) is 0.182. The van der Waals surface area contributed by atoms with Gasteiger partial charge in [0.25, 0.3) is 15.9 Å². The fourth-order valence-electron chi connectivity index (χ4n) is 4.79. The van der Waals surface area contributed by atoms with Gasteiger partial charge in [0.05, 0.1) is 21.9 Å². The number of aliphatic imine (C=N–C) groups is 1. The van der Waals surface area contributed by atoms with Crippen LogP contribution >= 0.6 is 11.8 Å². The molecule has 2 amide bonds. The van der Waals surface area contributed by atoms with E-state index in [1.807, 2.05) is 79.7 Å². The Balaban J connectivity index is 0.00000260. The number of hydrogen-bond donors (Lipinski definition) is 2. The topological polar surface area (TPSA) is 114 Å². The summed E-state index contributed by atoms with van der Waals surface area (Å²) in [6.45, 7) is 2.24. The van der Waals surface area contributed by atoms with Gasteiger partial charge in [0.1, 0.15) is 12.4 Å². The molecule has 0 saturated carbocycles. The number of carbonyl (C=O) groups excluding carboxylic acids is 2. The normalized spacial score (nSPS) is 14.5. The van der Waals surface area contributed by atoms with Gasteiger partial charge in [-0.2, -0.15) is 0 Å². The second-order valence-electron chi connectivity index (χ2n) is 10.7. The molecule has 11 heteroatoms. The summed E-state index contributed by atoms with van der Waals surface area (Å²) in [5.74, 6) is -0.247. The van der Waals surface area contributed by atoms with Crippen LogP contribution in [0.1, 0.15) is 23.7 Å². The number of fused-ring (bicyclic) bond motifs is 1. The summed E-state index contributed by atoms with van der Waals surface area (Å²) in [7, 11) is -3.96. The molecule has 0 aromatic heterocycles. The molecule has 1 heterocycles. The number of ether oxygens (including phenoxy) is 1. The maximum atomic E-state index is 12.9. The Morgan fingerprint density at radius 2 is 1.55 bits per heavy atom. The SMILES string of the molecule is Cc1ccc(S(=O)(=O)NC(=O)Cc2ccc(N=C3NC(=O)/C(=C\c4cc5ccccc5cc4OCc4ccccc4)S3)cc2)cc1.[H-].[Na+]. The monoisotopic (exact) mass is 671 g/mol. The fourth-order valence-corrected chi connectivity index (χ4v) is 6.60. The molecule has 0 spiro atoms. The van der Waals surface area contributed by atoms with Crippen molar-refractivity contribution >= 4 is 61.3 Å². The van der Waals surface area contributed by atoms with E-state index in [1.165, 1.54) is 23.9 Å². The van der Waals surface area contributed by atoms with E-state index < -0.39 is 15.9 Å². The van der Waals surface area contributed by atoms with Crippen molar-refractivity contribution in [2.75, 3.05) is 0 Å². The van der Waals surface area contributed by atoms with Crippen LogP contribution in [0.4, 0.5) is 5.69 Å². The van der Waals surface area contributed by atoms with Crippen LogP contribution in [0.3, 0.4) is 0 Å². The molecule has 47 heavy (non-hydrogen) atoms. The molecule has 5 aromatic rings. The fraction of sp³-hybridized carbons (Fsp3) is 0.0833. The maximum absolute atomic E-state index is 12.9. The molecular weight excluding hydrogens is 642 g/mol. The van der Waals surface area contributed by atoms with E-state index in [-0.39, 0.29) is 48.2 Å². The molecule has 0 unspecified atom stereocenters. The number of hydrogen-bond acceptors (Lipinski definition) is 7. The van der Waals surface area contributed by atoms with E-state index in [9.17, 15) is 18.0 Å². The third-order valence-electron chi connectivity index (χ3n) is 7.16. The molecule has 1 saturated heterocycles. The van der Waals surface area contributed by atoms with Gasteiger partial charge in [-0.1, -0.05) is 84.4 Å². The summed E-state index contributed by atoms with van der Waals surface area (Å²) < 4.78 is 33.4. The van der Waals surface area contributed by atoms with Crippen LogP contribution in [-0.2, 0) is 32.6 Å². The van der Waals surface area contributed by atoms with Crippen LogP contribution in [-0.4, -0.2) is 25.4 Å². The van der Waals surface area contributed by atoms with Crippen LogP contribution in [0.5, 0.6) is 5.75 Å². The average Bonchev–Trinajstić information content (AvgIpc) is 3.39. The van der Waals surface area contributed by atoms with Gasteiger partial charge in [0.2, 0.25) is 5.91 Å². The molecule has 6 rings (SSSR count). The first-order valence-corrected chi connectivity index (χ1v) is 16.7. The molecule has 5 aromatic carbocycles. The number of carbonyl (C=O) groups is 2.